The average molecular weight is 326 g/mol. The minimum atomic E-state index is 0.902. The molecule has 0 amide bonds. The SMILES string of the molecule is C=C1c2ccc(N3CCN(CC4CCNCC4)CC3)cc2CN1C. The molecule has 1 aromatic carbocycles. The lowest BCUT2D eigenvalue weighted by Crippen LogP contribution is -2.48. The molecule has 4 nitrogen and oxygen atoms in total. The summed E-state index contributed by atoms with van der Waals surface area (Å²) in [5, 5.41) is 3.47. The van der Waals surface area contributed by atoms with Gasteiger partial charge in [-0.15, -0.1) is 0 Å². The molecule has 4 rings (SSSR count). The van der Waals surface area contributed by atoms with E-state index in [1.807, 2.05) is 0 Å². The first kappa shape index (κ1) is 16.0. The monoisotopic (exact) mass is 326 g/mol. The molecule has 0 radical (unpaired) electrons. The van der Waals surface area contributed by atoms with Crippen LogP contribution in [-0.2, 0) is 6.54 Å². The predicted octanol–water partition coefficient (Wildman–Crippen LogP) is 2.22. The Labute approximate surface area is 146 Å². The van der Waals surface area contributed by atoms with Gasteiger partial charge in [-0.3, -0.25) is 4.90 Å². The maximum Gasteiger partial charge on any atom is 0.0433 e. The van der Waals surface area contributed by atoms with Gasteiger partial charge in [-0.25, -0.2) is 0 Å². The lowest BCUT2D eigenvalue weighted by atomic mass is 9.97. The van der Waals surface area contributed by atoms with Crippen molar-refractivity contribution in [3.63, 3.8) is 0 Å². The van der Waals surface area contributed by atoms with E-state index in [-0.39, 0.29) is 0 Å². The largest absolute Gasteiger partial charge is 0.370 e. The second kappa shape index (κ2) is 6.77. The molecule has 2 fully saturated rings. The van der Waals surface area contributed by atoms with Crippen LogP contribution in [-0.4, -0.2) is 62.7 Å². The molecule has 0 spiro atoms. The minimum Gasteiger partial charge on any atom is -0.370 e. The Bertz CT molecular complexity index is 598. The number of rotatable bonds is 3. The zero-order valence-corrected chi connectivity index (χ0v) is 14.9. The molecule has 130 valence electrons. The van der Waals surface area contributed by atoms with Crippen LogP contribution in [0.3, 0.4) is 0 Å². The van der Waals surface area contributed by atoms with E-state index < -0.39 is 0 Å². The van der Waals surface area contributed by atoms with Gasteiger partial charge in [0.25, 0.3) is 0 Å². The molecule has 0 aromatic heterocycles. The molecule has 1 aromatic rings. The van der Waals surface area contributed by atoms with Crippen molar-refractivity contribution in [3.8, 4) is 0 Å². The average Bonchev–Trinajstić information content (AvgIpc) is 2.90. The summed E-state index contributed by atoms with van der Waals surface area (Å²) in [7, 11) is 2.13. The highest BCUT2D eigenvalue weighted by Crippen LogP contribution is 2.33. The number of fused-ring (bicyclic) bond motifs is 1. The van der Waals surface area contributed by atoms with Crippen molar-refractivity contribution >= 4 is 11.4 Å². The van der Waals surface area contributed by atoms with Crippen LogP contribution in [0.1, 0.15) is 24.0 Å². The third kappa shape index (κ3) is 3.17. The maximum absolute atomic E-state index is 4.19. The summed E-state index contributed by atoms with van der Waals surface area (Å²) in [4.78, 5) is 7.47. The molecule has 0 bridgehead atoms. The van der Waals surface area contributed by atoms with E-state index in [9.17, 15) is 0 Å². The number of anilines is 1. The Kier molecular flexibility index (Phi) is 4.51. The molecule has 3 aliphatic heterocycles. The topological polar surface area (TPSA) is 21.8 Å². The fourth-order valence-electron chi connectivity index (χ4n) is 4.36. The fourth-order valence-corrected chi connectivity index (χ4v) is 4.36. The van der Waals surface area contributed by atoms with Gasteiger partial charge in [-0.05, 0) is 49.5 Å². The molecule has 0 aliphatic carbocycles. The maximum atomic E-state index is 4.19. The summed E-state index contributed by atoms with van der Waals surface area (Å²) < 4.78 is 0. The van der Waals surface area contributed by atoms with Gasteiger partial charge in [0.05, 0.1) is 0 Å². The van der Waals surface area contributed by atoms with E-state index in [1.54, 1.807) is 0 Å². The molecule has 3 heterocycles. The summed E-state index contributed by atoms with van der Waals surface area (Å²) in [6.45, 7) is 13.6. The van der Waals surface area contributed by atoms with Crippen molar-refractivity contribution in [3.05, 3.63) is 35.9 Å². The highest BCUT2D eigenvalue weighted by molar-refractivity contribution is 5.71. The van der Waals surface area contributed by atoms with Crippen molar-refractivity contribution < 1.29 is 0 Å². The number of hydrogen-bond acceptors (Lipinski definition) is 4. The third-order valence-electron chi connectivity index (χ3n) is 5.98. The summed E-state index contributed by atoms with van der Waals surface area (Å²) >= 11 is 0. The van der Waals surface area contributed by atoms with Gasteiger partial charge in [-0.2, -0.15) is 0 Å². The third-order valence-corrected chi connectivity index (χ3v) is 5.98. The van der Waals surface area contributed by atoms with E-state index in [1.165, 1.54) is 62.4 Å². The van der Waals surface area contributed by atoms with Crippen LogP contribution in [0.2, 0.25) is 0 Å². The van der Waals surface area contributed by atoms with Crippen molar-refractivity contribution in [2.75, 3.05) is 57.8 Å². The van der Waals surface area contributed by atoms with Crippen molar-refractivity contribution in [1.29, 1.82) is 0 Å². The Morgan fingerprint density at radius 2 is 1.88 bits per heavy atom. The van der Waals surface area contributed by atoms with Gasteiger partial charge in [0.1, 0.15) is 0 Å². The quantitative estimate of drug-likeness (QED) is 0.919. The number of nitrogens with one attached hydrogen (secondary N) is 1. The second-order valence-electron chi connectivity index (χ2n) is 7.63. The molecule has 4 heteroatoms. The van der Waals surface area contributed by atoms with E-state index in [0.29, 0.717) is 0 Å². The van der Waals surface area contributed by atoms with Gasteiger partial charge in [0.2, 0.25) is 0 Å². The van der Waals surface area contributed by atoms with E-state index in [0.717, 1.165) is 31.2 Å². The van der Waals surface area contributed by atoms with E-state index in [2.05, 4.69) is 51.8 Å². The highest BCUT2D eigenvalue weighted by Gasteiger charge is 2.24. The first-order chi connectivity index (χ1) is 11.7. The smallest absolute Gasteiger partial charge is 0.0433 e. The molecule has 0 atom stereocenters. The van der Waals surface area contributed by atoms with E-state index in [4.69, 9.17) is 0 Å². The number of hydrogen-bond donors (Lipinski definition) is 1. The zero-order valence-electron chi connectivity index (χ0n) is 14.9. The van der Waals surface area contributed by atoms with Crippen LogP contribution in [0.4, 0.5) is 5.69 Å². The first-order valence-corrected chi connectivity index (χ1v) is 9.42. The van der Waals surface area contributed by atoms with Crippen LogP contribution < -0.4 is 10.2 Å². The molecule has 24 heavy (non-hydrogen) atoms. The fraction of sp³-hybridized carbons (Fsp3) is 0.600. The molecular weight excluding hydrogens is 296 g/mol. The summed E-state index contributed by atoms with van der Waals surface area (Å²) in [5.41, 5.74) is 5.30. The number of nitrogens with zero attached hydrogens (tertiary/aromatic N) is 3. The van der Waals surface area contributed by atoms with Crippen LogP contribution in [0.15, 0.2) is 24.8 Å². The lowest BCUT2D eigenvalue weighted by Gasteiger charge is -2.38. The number of piperidine rings is 1. The Morgan fingerprint density at radius 3 is 2.62 bits per heavy atom. The Balaban J connectivity index is 1.34. The summed E-state index contributed by atoms with van der Waals surface area (Å²) in [6, 6.07) is 6.93. The predicted molar refractivity (Wildman–Crippen MR) is 101 cm³/mol. The number of piperazine rings is 1. The van der Waals surface area contributed by atoms with Gasteiger partial charge in [-0.1, -0.05) is 12.6 Å². The molecule has 0 unspecified atom stereocenters. The minimum absolute atomic E-state index is 0.902. The Morgan fingerprint density at radius 1 is 1.12 bits per heavy atom. The summed E-state index contributed by atoms with van der Waals surface area (Å²) in [6.07, 6.45) is 2.70. The normalized spacial score (nSPS) is 23.0. The van der Waals surface area contributed by atoms with Crippen molar-refractivity contribution in [1.82, 2.24) is 15.1 Å². The van der Waals surface area contributed by atoms with Crippen LogP contribution in [0.25, 0.3) is 5.70 Å². The highest BCUT2D eigenvalue weighted by atomic mass is 15.3. The van der Waals surface area contributed by atoms with Crippen LogP contribution in [0.5, 0.6) is 0 Å². The molecule has 0 saturated carbocycles. The van der Waals surface area contributed by atoms with Crippen molar-refractivity contribution in [2.45, 2.75) is 19.4 Å². The Hall–Kier alpha value is -1.52. The second-order valence-corrected chi connectivity index (χ2v) is 7.63. The molecule has 1 N–H and O–H groups in total. The zero-order chi connectivity index (χ0) is 16.5. The van der Waals surface area contributed by atoms with Gasteiger partial charge >= 0.3 is 0 Å². The van der Waals surface area contributed by atoms with Gasteiger partial charge in [0.15, 0.2) is 0 Å². The molecular formula is C20H30N4. The lowest BCUT2D eigenvalue weighted by molar-refractivity contribution is 0.196. The summed E-state index contributed by atoms with van der Waals surface area (Å²) in [5.74, 6) is 0.902. The molecule has 2 saturated heterocycles. The first-order valence-electron chi connectivity index (χ1n) is 9.42. The van der Waals surface area contributed by atoms with E-state index >= 15 is 0 Å². The van der Waals surface area contributed by atoms with Gasteiger partial charge in [0, 0.05) is 63.3 Å². The molecule has 3 aliphatic rings. The van der Waals surface area contributed by atoms with Crippen LogP contribution >= 0.6 is 0 Å². The van der Waals surface area contributed by atoms with Crippen molar-refractivity contribution in [2.24, 2.45) is 5.92 Å². The number of benzene rings is 1. The van der Waals surface area contributed by atoms with Crippen LogP contribution in [0, 0.1) is 5.92 Å². The van der Waals surface area contributed by atoms with Gasteiger partial charge < -0.3 is 15.1 Å². The standard InChI is InChI=1S/C20H30N4/c1-16-20-4-3-19(13-18(20)15-22(16)2)24-11-9-23(10-12-24)14-17-5-7-21-8-6-17/h3-4,13,17,21H,1,5-12,14-15H2,2H3.